The molecule has 1 heterocycles. The zero-order valence-electron chi connectivity index (χ0n) is 17.1. The molecular formula is C20H22FN3O5S2. The summed E-state index contributed by atoms with van der Waals surface area (Å²) in [6.07, 6.45) is 2.06. The van der Waals surface area contributed by atoms with Crippen LogP contribution < -0.4 is 15.8 Å². The average molecular weight is 468 g/mol. The van der Waals surface area contributed by atoms with E-state index in [0.717, 1.165) is 0 Å². The molecule has 8 nitrogen and oxygen atoms in total. The second kappa shape index (κ2) is 9.25. The third kappa shape index (κ3) is 5.17. The number of anilines is 1. The topological polar surface area (TPSA) is 110 Å². The zero-order valence-corrected chi connectivity index (χ0v) is 18.8. The number of hydrogen-bond acceptors (Lipinski definition) is 6. The van der Waals surface area contributed by atoms with Crippen molar-refractivity contribution in [3.05, 3.63) is 58.3 Å². The number of nitrogens with one attached hydrogen (secondary N) is 2. The molecule has 1 aromatic heterocycles. The summed E-state index contributed by atoms with van der Waals surface area (Å²) in [5.41, 5.74) is 1.23. The van der Waals surface area contributed by atoms with E-state index in [0.29, 0.717) is 16.8 Å². The Morgan fingerprint density at radius 2 is 2.00 bits per heavy atom. The van der Waals surface area contributed by atoms with Crippen molar-refractivity contribution in [1.82, 2.24) is 9.29 Å². The number of fused-ring (bicyclic) bond motifs is 1. The molecule has 11 heteroatoms. The molecule has 0 aliphatic carbocycles. The predicted octanol–water partition coefficient (Wildman–Crippen LogP) is 2.62. The molecular weight excluding hydrogens is 445 g/mol. The first kappa shape index (κ1) is 23.0. The van der Waals surface area contributed by atoms with Crippen LogP contribution in [0.4, 0.5) is 10.1 Å². The van der Waals surface area contributed by atoms with Gasteiger partial charge in [-0.3, -0.25) is 9.36 Å². The Balaban J connectivity index is 1.85. The van der Waals surface area contributed by atoms with Gasteiger partial charge in [0.05, 0.1) is 10.4 Å². The molecule has 0 radical (unpaired) electrons. The molecule has 3 rings (SSSR count). The molecule has 166 valence electrons. The van der Waals surface area contributed by atoms with Gasteiger partial charge in [-0.25, -0.2) is 17.6 Å². The highest BCUT2D eigenvalue weighted by Crippen LogP contribution is 2.19. The molecule has 2 N–H and O–H groups in total. The Kier molecular flexibility index (Phi) is 6.87. The normalized spacial score (nSPS) is 12.8. The van der Waals surface area contributed by atoms with Crippen molar-refractivity contribution in [3.63, 3.8) is 0 Å². The molecule has 1 amide bonds. The molecule has 31 heavy (non-hydrogen) atoms. The van der Waals surface area contributed by atoms with Crippen LogP contribution in [0, 0.1) is 12.7 Å². The first-order chi connectivity index (χ1) is 14.6. The van der Waals surface area contributed by atoms with Gasteiger partial charge in [0, 0.05) is 18.8 Å². The second-order valence-electron chi connectivity index (χ2n) is 6.97. The van der Waals surface area contributed by atoms with Crippen molar-refractivity contribution < 1.29 is 22.0 Å². The largest absolute Gasteiger partial charge is 0.419 e. The van der Waals surface area contributed by atoms with Crippen LogP contribution in [0.1, 0.15) is 12.0 Å². The SMILES string of the molecule is CSCCC(NS(=O)(=O)c1ccc2c(c1)oc(=O)n2C)C(=O)Nc1ccc(C)c(F)c1. The van der Waals surface area contributed by atoms with Crippen molar-refractivity contribution in [3.8, 4) is 0 Å². The van der Waals surface area contributed by atoms with E-state index in [4.69, 9.17) is 4.42 Å². The molecule has 0 aliphatic rings. The molecule has 0 aliphatic heterocycles. The van der Waals surface area contributed by atoms with Gasteiger partial charge >= 0.3 is 5.76 Å². The van der Waals surface area contributed by atoms with Gasteiger partial charge < -0.3 is 9.73 Å². The fraction of sp³-hybridized carbons (Fsp3) is 0.300. The van der Waals surface area contributed by atoms with Gasteiger partial charge in [-0.2, -0.15) is 16.5 Å². The van der Waals surface area contributed by atoms with Gasteiger partial charge in [-0.15, -0.1) is 0 Å². The van der Waals surface area contributed by atoms with E-state index in [-0.39, 0.29) is 22.6 Å². The number of oxazole rings is 1. The summed E-state index contributed by atoms with van der Waals surface area (Å²) in [6.45, 7) is 1.60. The Labute approximate surface area is 182 Å². The summed E-state index contributed by atoms with van der Waals surface area (Å²) < 4.78 is 48.3. The smallest absolute Gasteiger partial charge is 0.408 e. The average Bonchev–Trinajstić information content (AvgIpc) is 3.01. The van der Waals surface area contributed by atoms with Gasteiger partial charge in [-0.1, -0.05) is 6.07 Å². The molecule has 0 saturated carbocycles. The van der Waals surface area contributed by atoms with Crippen LogP contribution in [0.25, 0.3) is 11.1 Å². The number of halogens is 1. The number of nitrogens with zero attached hydrogens (tertiary/aromatic N) is 1. The van der Waals surface area contributed by atoms with Gasteiger partial charge in [0.2, 0.25) is 15.9 Å². The van der Waals surface area contributed by atoms with E-state index < -0.39 is 33.5 Å². The lowest BCUT2D eigenvalue weighted by Gasteiger charge is -2.18. The van der Waals surface area contributed by atoms with Crippen molar-refractivity contribution in [2.75, 3.05) is 17.3 Å². The quantitative estimate of drug-likeness (QED) is 0.527. The minimum atomic E-state index is -4.10. The van der Waals surface area contributed by atoms with E-state index in [1.54, 1.807) is 13.0 Å². The number of carbonyl (C=O) groups excluding carboxylic acids is 1. The van der Waals surface area contributed by atoms with Crippen LogP contribution in [0.5, 0.6) is 0 Å². The number of sulfonamides is 1. The Morgan fingerprint density at radius 1 is 1.26 bits per heavy atom. The van der Waals surface area contributed by atoms with Gasteiger partial charge in [0.15, 0.2) is 5.58 Å². The standard InChI is InChI=1S/C20H22FN3O5S2/c1-12-4-5-13(10-15(12)21)22-19(25)16(8-9-30-3)23-31(27,28)14-6-7-17-18(11-14)29-20(26)24(17)2/h4-7,10-11,16,23H,8-9H2,1-3H3,(H,22,25). The molecule has 0 saturated heterocycles. The lowest BCUT2D eigenvalue weighted by atomic mass is 10.2. The van der Waals surface area contributed by atoms with Gasteiger partial charge in [0.1, 0.15) is 11.9 Å². The van der Waals surface area contributed by atoms with Crippen molar-refractivity contribution in [1.29, 1.82) is 0 Å². The molecule has 0 fully saturated rings. The summed E-state index contributed by atoms with van der Waals surface area (Å²) in [5, 5.41) is 2.56. The summed E-state index contributed by atoms with van der Waals surface area (Å²) in [6, 6.07) is 7.19. The third-order valence-electron chi connectivity index (χ3n) is 4.74. The monoisotopic (exact) mass is 467 g/mol. The van der Waals surface area contributed by atoms with E-state index in [1.165, 1.54) is 53.7 Å². The van der Waals surface area contributed by atoms with Crippen LogP contribution in [0.2, 0.25) is 0 Å². The predicted molar refractivity (Wildman–Crippen MR) is 118 cm³/mol. The lowest BCUT2D eigenvalue weighted by molar-refractivity contribution is -0.117. The van der Waals surface area contributed by atoms with Crippen LogP contribution in [-0.2, 0) is 21.9 Å². The Morgan fingerprint density at radius 3 is 2.68 bits per heavy atom. The van der Waals surface area contributed by atoms with E-state index in [9.17, 15) is 22.4 Å². The molecule has 0 bridgehead atoms. The van der Waals surface area contributed by atoms with Crippen molar-refractivity contribution in [2.45, 2.75) is 24.3 Å². The molecule has 2 aromatic carbocycles. The second-order valence-corrected chi connectivity index (χ2v) is 9.66. The third-order valence-corrected chi connectivity index (χ3v) is 6.85. The fourth-order valence-electron chi connectivity index (χ4n) is 2.92. The van der Waals surface area contributed by atoms with Crippen LogP contribution in [0.15, 0.2) is 50.5 Å². The summed E-state index contributed by atoms with van der Waals surface area (Å²) in [4.78, 5) is 24.3. The van der Waals surface area contributed by atoms with Crippen molar-refractivity contribution in [2.24, 2.45) is 7.05 Å². The van der Waals surface area contributed by atoms with E-state index in [2.05, 4.69) is 10.0 Å². The first-order valence-corrected chi connectivity index (χ1v) is 12.2. The van der Waals surface area contributed by atoms with Crippen molar-refractivity contribution >= 4 is 44.5 Å². The highest BCUT2D eigenvalue weighted by Gasteiger charge is 2.26. The number of aryl methyl sites for hydroxylation is 2. The van der Waals surface area contributed by atoms with Gasteiger partial charge in [0.25, 0.3) is 0 Å². The van der Waals surface area contributed by atoms with Crippen LogP contribution in [0.3, 0.4) is 0 Å². The number of thioether (sulfide) groups is 1. The minimum absolute atomic E-state index is 0.121. The lowest BCUT2D eigenvalue weighted by Crippen LogP contribution is -2.44. The highest BCUT2D eigenvalue weighted by atomic mass is 32.2. The number of benzene rings is 2. The Bertz CT molecular complexity index is 1280. The Hall–Kier alpha value is -2.63. The maximum absolute atomic E-state index is 13.8. The fourth-order valence-corrected chi connectivity index (χ4v) is 4.63. The summed E-state index contributed by atoms with van der Waals surface area (Å²) >= 11 is 1.46. The number of hydrogen-bond donors (Lipinski definition) is 2. The molecule has 1 atom stereocenters. The van der Waals surface area contributed by atoms with E-state index in [1.807, 2.05) is 6.26 Å². The molecule has 1 unspecified atom stereocenters. The zero-order chi connectivity index (χ0) is 22.8. The first-order valence-electron chi connectivity index (χ1n) is 9.30. The maximum Gasteiger partial charge on any atom is 0.419 e. The molecule has 3 aromatic rings. The number of aromatic nitrogens is 1. The van der Waals surface area contributed by atoms with Gasteiger partial charge in [-0.05, 0) is 55.2 Å². The summed E-state index contributed by atoms with van der Waals surface area (Å²) in [5.74, 6) is -1.17. The number of amides is 1. The van der Waals surface area contributed by atoms with E-state index >= 15 is 0 Å². The van der Waals surface area contributed by atoms with Crippen LogP contribution in [-0.4, -0.2) is 36.9 Å². The van der Waals surface area contributed by atoms with Crippen LogP contribution >= 0.6 is 11.8 Å². The molecule has 0 spiro atoms. The maximum atomic E-state index is 13.8. The summed E-state index contributed by atoms with van der Waals surface area (Å²) in [7, 11) is -2.59. The number of rotatable bonds is 8. The number of carbonyl (C=O) groups is 1. The highest BCUT2D eigenvalue weighted by molar-refractivity contribution is 7.98. The minimum Gasteiger partial charge on any atom is -0.408 e.